The maximum absolute atomic E-state index is 11.3. The fourth-order valence-electron chi connectivity index (χ4n) is 1.27. The van der Waals surface area contributed by atoms with E-state index < -0.39 is 5.97 Å². The first-order valence-electron chi connectivity index (χ1n) is 5.12. The van der Waals surface area contributed by atoms with Gasteiger partial charge in [0.1, 0.15) is 5.75 Å². The summed E-state index contributed by atoms with van der Waals surface area (Å²) in [5.74, 6) is 6.07. The molecule has 4 nitrogen and oxygen atoms in total. The zero-order chi connectivity index (χ0) is 12.7. The van der Waals surface area contributed by atoms with Crippen molar-refractivity contribution in [2.75, 3.05) is 27.8 Å². The number of carbonyl (C=O) groups is 1. The Morgan fingerprint density at radius 3 is 2.76 bits per heavy atom. The molecule has 0 atom stereocenters. The van der Waals surface area contributed by atoms with E-state index >= 15 is 0 Å². The lowest BCUT2D eigenvalue weighted by atomic mass is 10.1. The topological polar surface area (TPSA) is 47.6 Å². The number of ether oxygens (including phenoxy) is 2. The normalized spacial score (nSPS) is 9.12. The second-order valence-electron chi connectivity index (χ2n) is 3.24. The van der Waals surface area contributed by atoms with Gasteiger partial charge in [0.25, 0.3) is 0 Å². The van der Waals surface area contributed by atoms with E-state index in [1.807, 2.05) is 7.05 Å². The molecule has 0 radical (unpaired) electrons. The number of hydrogen-bond acceptors (Lipinski definition) is 4. The summed E-state index contributed by atoms with van der Waals surface area (Å²) in [6, 6.07) is 5.03. The van der Waals surface area contributed by atoms with Gasteiger partial charge in [0, 0.05) is 0 Å². The van der Waals surface area contributed by atoms with Crippen molar-refractivity contribution >= 4 is 5.97 Å². The van der Waals surface area contributed by atoms with Crippen LogP contribution in [0.2, 0.25) is 0 Å². The van der Waals surface area contributed by atoms with Gasteiger partial charge in [-0.1, -0.05) is 11.8 Å². The van der Waals surface area contributed by atoms with Gasteiger partial charge in [-0.3, -0.25) is 0 Å². The average Bonchev–Trinajstić information content (AvgIpc) is 2.38. The van der Waals surface area contributed by atoms with Gasteiger partial charge in [-0.25, -0.2) is 4.79 Å². The summed E-state index contributed by atoms with van der Waals surface area (Å²) in [5.41, 5.74) is 1.19. The van der Waals surface area contributed by atoms with Gasteiger partial charge in [-0.15, -0.1) is 0 Å². The zero-order valence-corrected chi connectivity index (χ0v) is 10.2. The Labute approximate surface area is 101 Å². The first kappa shape index (κ1) is 13.1. The summed E-state index contributed by atoms with van der Waals surface area (Å²) in [6.45, 7) is 0.599. The number of rotatable bonds is 3. The van der Waals surface area contributed by atoms with Crippen LogP contribution in [0.3, 0.4) is 0 Å². The lowest BCUT2D eigenvalue weighted by Gasteiger charge is -2.05. The van der Waals surface area contributed by atoms with Crippen molar-refractivity contribution in [2.45, 2.75) is 0 Å². The lowest BCUT2D eigenvalue weighted by Crippen LogP contribution is -2.04. The van der Waals surface area contributed by atoms with Crippen LogP contribution in [0.4, 0.5) is 0 Å². The van der Waals surface area contributed by atoms with E-state index in [2.05, 4.69) is 21.9 Å². The molecule has 90 valence electrons. The van der Waals surface area contributed by atoms with Crippen LogP contribution in [0.1, 0.15) is 15.9 Å². The van der Waals surface area contributed by atoms with Crippen molar-refractivity contribution in [3.8, 4) is 17.6 Å². The van der Waals surface area contributed by atoms with Crippen molar-refractivity contribution in [1.82, 2.24) is 5.32 Å². The van der Waals surface area contributed by atoms with E-state index in [1.54, 1.807) is 25.3 Å². The highest BCUT2D eigenvalue weighted by atomic mass is 16.5. The average molecular weight is 233 g/mol. The van der Waals surface area contributed by atoms with Gasteiger partial charge in [0.15, 0.2) is 0 Å². The first-order chi connectivity index (χ1) is 8.22. The van der Waals surface area contributed by atoms with Crippen molar-refractivity contribution in [3.63, 3.8) is 0 Å². The van der Waals surface area contributed by atoms with E-state index in [9.17, 15) is 4.79 Å². The smallest absolute Gasteiger partial charge is 0.337 e. The monoisotopic (exact) mass is 233 g/mol. The van der Waals surface area contributed by atoms with Crippen molar-refractivity contribution in [1.29, 1.82) is 0 Å². The third-order valence-corrected chi connectivity index (χ3v) is 2.11. The minimum atomic E-state index is -0.391. The zero-order valence-electron chi connectivity index (χ0n) is 10.2. The summed E-state index contributed by atoms with van der Waals surface area (Å²) in [7, 11) is 4.71. The number of benzene rings is 1. The predicted octanol–water partition coefficient (Wildman–Crippen LogP) is 1.05. The van der Waals surface area contributed by atoms with Gasteiger partial charge >= 0.3 is 5.97 Å². The molecular formula is C13H15NO3. The first-order valence-corrected chi connectivity index (χ1v) is 5.12. The molecule has 0 aliphatic carbocycles. The van der Waals surface area contributed by atoms with E-state index in [0.29, 0.717) is 17.9 Å². The third-order valence-electron chi connectivity index (χ3n) is 2.11. The van der Waals surface area contributed by atoms with Gasteiger partial charge in [-0.05, 0) is 25.2 Å². The summed E-state index contributed by atoms with van der Waals surface area (Å²) in [4.78, 5) is 11.3. The Hall–Kier alpha value is -1.99. The highest BCUT2D eigenvalue weighted by Crippen LogP contribution is 2.19. The van der Waals surface area contributed by atoms with E-state index in [0.717, 1.165) is 5.56 Å². The quantitative estimate of drug-likeness (QED) is 0.626. The SMILES string of the molecule is CNCC#Cc1ccc(C(=O)OC)cc1OC. The highest BCUT2D eigenvalue weighted by Gasteiger charge is 2.08. The number of methoxy groups -OCH3 is 2. The highest BCUT2D eigenvalue weighted by molar-refractivity contribution is 5.90. The molecule has 0 saturated carbocycles. The molecule has 0 bridgehead atoms. The van der Waals surface area contributed by atoms with Crippen LogP contribution in [-0.4, -0.2) is 33.8 Å². The van der Waals surface area contributed by atoms with E-state index in [4.69, 9.17) is 4.74 Å². The fourth-order valence-corrected chi connectivity index (χ4v) is 1.27. The Bertz CT molecular complexity index is 457. The standard InChI is InChI=1S/C13H15NO3/c1-14-8-4-5-10-6-7-11(13(15)17-3)9-12(10)16-2/h6-7,9,14H,8H2,1-3H3. The largest absolute Gasteiger partial charge is 0.495 e. The Balaban J connectivity index is 3.02. The molecule has 0 spiro atoms. The minimum Gasteiger partial charge on any atom is -0.495 e. The lowest BCUT2D eigenvalue weighted by molar-refractivity contribution is 0.0600. The molecule has 0 heterocycles. The molecule has 0 fully saturated rings. The predicted molar refractivity (Wildman–Crippen MR) is 65.1 cm³/mol. The van der Waals surface area contributed by atoms with Crippen LogP contribution in [0.15, 0.2) is 18.2 Å². The molecular weight excluding hydrogens is 218 g/mol. The molecule has 1 aromatic rings. The molecule has 0 aliphatic heterocycles. The van der Waals surface area contributed by atoms with Gasteiger partial charge in [-0.2, -0.15) is 0 Å². The minimum absolute atomic E-state index is 0.391. The van der Waals surface area contributed by atoms with Gasteiger partial charge in [0.2, 0.25) is 0 Å². The number of carbonyl (C=O) groups excluding carboxylic acids is 1. The molecule has 0 unspecified atom stereocenters. The number of esters is 1. The van der Waals surface area contributed by atoms with Gasteiger partial charge in [0.05, 0.1) is 31.9 Å². The Morgan fingerprint density at radius 1 is 1.41 bits per heavy atom. The van der Waals surface area contributed by atoms with Crippen molar-refractivity contribution in [2.24, 2.45) is 0 Å². The van der Waals surface area contributed by atoms with Gasteiger partial charge < -0.3 is 14.8 Å². The van der Waals surface area contributed by atoms with E-state index in [-0.39, 0.29) is 0 Å². The van der Waals surface area contributed by atoms with Crippen LogP contribution >= 0.6 is 0 Å². The summed E-state index contributed by atoms with van der Waals surface area (Å²) < 4.78 is 9.81. The second-order valence-corrected chi connectivity index (χ2v) is 3.24. The van der Waals surface area contributed by atoms with Crippen LogP contribution in [0.25, 0.3) is 0 Å². The molecule has 1 rings (SSSR count). The van der Waals surface area contributed by atoms with E-state index in [1.165, 1.54) is 7.11 Å². The Kier molecular flexibility index (Phi) is 5.05. The molecule has 0 aliphatic rings. The molecule has 17 heavy (non-hydrogen) atoms. The van der Waals surface area contributed by atoms with Crippen LogP contribution in [-0.2, 0) is 4.74 Å². The molecule has 1 N–H and O–H groups in total. The third kappa shape index (κ3) is 3.51. The molecule has 0 aromatic heterocycles. The molecule has 0 saturated heterocycles. The summed E-state index contributed by atoms with van der Waals surface area (Å²) in [5, 5.41) is 2.93. The second kappa shape index (κ2) is 6.56. The summed E-state index contributed by atoms with van der Waals surface area (Å²) in [6.07, 6.45) is 0. The van der Waals surface area contributed by atoms with Crippen molar-refractivity contribution in [3.05, 3.63) is 29.3 Å². The molecule has 1 aromatic carbocycles. The van der Waals surface area contributed by atoms with Crippen LogP contribution in [0.5, 0.6) is 5.75 Å². The number of hydrogen-bond donors (Lipinski definition) is 1. The fraction of sp³-hybridized carbons (Fsp3) is 0.308. The van der Waals surface area contributed by atoms with Crippen LogP contribution < -0.4 is 10.1 Å². The molecule has 4 heteroatoms. The van der Waals surface area contributed by atoms with Crippen LogP contribution in [0, 0.1) is 11.8 Å². The maximum atomic E-state index is 11.3. The number of nitrogens with one attached hydrogen (secondary N) is 1. The Morgan fingerprint density at radius 2 is 2.18 bits per heavy atom. The summed E-state index contributed by atoms with van der Waals surface area (Å²) >= 11 is 0. The molecule has 0 amide bonds. The maximum Gasteiger partial charge on any atom is 0.337 e. The van der Waals surface area contributed by atoms with Crippen molar-refractivity contribution < 1.29 is 14.3 Å².